The van der Waals surface area contributed by atoms with Gasteiger partial charge in [-0.2, -0.15) is 0 Å². The quantitative estimate of drug-likeness (QED) is 0.183. The summed E-state index contributed by atoms with van der Waals surface area (Å²) in [5.41, 5.74) is 2.01. The van der Waals surface area contributed by atoms with E-state index in [1.165, 1.54) is 11.8 Å². The summed E-state index contributed by atoms with van der Waals surface area (Å²) >= 11 is 1.37. The number of nitrogens with one attached hydrogen (secondary N) is 1. The lowest BCUT2D eigenvalue weighted by molar-refractivity contribution is -0.118. The third-order valence-corrected chi connectivity index (χ3v) is 1.46. The molecule has 0 aliphatic heterocycles. The molecule has 0 unspecified atom stereocenters. The smallest absolute Gasteiger partial charge is 0.243 e. The third kappa shape index (κ3) is 5.61. The maximum absolute atomic E-state index is 10.4. The van der Waals surface area contributed by atoms with Gasteiger partial charge in [0.1, 0.15) is 0 Å². The molecule has 4 nitrogen and oxygen atoms in total. The molecular formula is C4H10N2O2S. The van der Waals surface area contributed by atoms with E-state index in [0.29, 0.717) is 11.7 Å². The Labute approximate surface area is 58.1 Å². The molecule has 0 bridgehead atoms. The van der Waals surface area contributed by atoms with Crippen molar-refractivity contribution in [2.75, 3.05) is 18.8 Å². The first-order valence-electron chi connectivity index (χ1n) is 2.37. The number of nitrogens with two attached hydrogens (primary N) is 1. The molecule has 0 saturated heterocycles. The molecule has 0 aromatic rings. The maximum atomic E-state index is 10.4. The highest BCUT2D eigenvalue weighted by atomic mass is 32.2. The van der Waals surface area contributed by atoms with Gasteiger partial charge in [-0.1, -0.05) is 0 Å². The molecule has 54 valence electrons. The van der Waals surface area contributed by atoms with Gasteiger partial charge in [-0.15, -0.1) is 11.8 Å². The average Bonchev–Trinajstić information content (AvgIpc) is 1.89. The van der Waals surface area contributed by atoms with E-state index in [1.807, 2.05) is 5.43 Å². The van der Waals surface area contributed by atoms with Crippen molar-refractivity contribution in [2.45, 2.75) is 0 Å². The number of rotatable bonds is 4. The second-order valence-corrected chi connectivity index (χ2v) is 2.26. The molecule has 0 aromatic carbocycles. The summed E-state index contributed by atoms with van der Waals surface area (Å²) in [7, 11) is 1.58. The van der Waals surface area contributed by atoms with Gasteiger partial charge in [0, 0.05) is 7.11 Å². The van der Waals surface area contributed by atoms with Crippen LogP contribution in [-0.2, 0) is 9.53 Å². The summed E-state index contributed by atoms with van der Waals surface area (Å²) in [5, 5.41) is 0. The Morgan fingerprint density at radius 2 is 2.56 bits per heavy atom. The van der Waals surface area contributed by atoms with Crippen LogP contribution in [0.25, 0.3) is 0 Å². The molecule has 0 aliphatic rings. The van der Waals surface area contributed by atoms with Gasteiger partial charge in [-0.05, 0) is 0 Å². The Morgan fingerprint density at radius 1 is 1.89 bits per heavy atom. The number of methoxy groups -OCH3 is 1. The Hall–Kier alpha value is -0.260. The van der Waals surface area contributed by atoms with E-state index in [-0.39, 0.29) is 5.91 Å². The Bertz CT molecular complexity index is 88.6. The zero-order chi connectivity index (χ0) is 7.11. The normalized spacial score (nSPS) is 9.11. The van der Waals surface area contributed by atoms with Crippen LogP contribution >= 0.6 is 11.8 Å². The maximum Gasteiger partial charge on any atom is 0.243 e. The zero-order valence-electron chi connectivity index (χ0n) is 5.22. The Kier molecular flexibility index (Phi) is 5.70. The molecule has 0 rings (SSSR count). The molecule has 0 saturated carbocycles. The topological polar surface area (TPSA) is 64.3 Å². The summed E-state index contributed by atoms with van der Waals surface area (Å²) in [4.78, 5) is 10.4. The van der Waals surface area contributed by atoms with E-state index < -0.39 is 0 Å². The lowest BCUT2D eigenvalue weighted by atomic mass is 10.8. The van der Waals surface area contributed by atoms with Crippen molar-refractivity contribution in [1.82, 2.24) is 5.43 Å². The number of ether oxygens (including phenoxy) is 1. The molecule has 0 radical (unpaired) electrons. The van der Waals surface area contributed by atoms with Crippen molar-refractivity contribution in [3.8, 4) is 0 Å². The largest absolute Gasteiger partial charge is 0.374 e. The minimum absolute atomic E-state index is 0.183. The highest BCUT2D eigenvalue weighted by Crippen LogP contribution is 1.96. The van der Waals surface area contributed by atoms with Crippen molar-refractivity contribution >= 4 is 17.7 Å². The molecule has 0 aromatic heterocycles. The third-order valence-electron chi connectivity index (χ3n) is 0.595. The van der Waals surface area contributed by atoms with Crippen molar-refractivity contribution in [3.05, 3.63) is 0 Å². The highest BCUT2D eigenvalue weighted by molar-refractivity contribution is 7.99. The van der Waals surface area contributed by atoms with Crippen LogP contribution in [0, 0.1) is 0 Å². The monoisotopic (exact) mass is 150 g/mol. The number of carbonyl (C=O) groups is 1. The fraction of sp³-hybridized carbons (Fsp3) is 0.750. The number of hydrazine groups is 1. The van der Waals surface area contributed by atoms with E-state index in [0.717, 1.165) is 0 Å². The van der Waals surface area contributed by atoms with Gasteiger partial charge in [0.05, 0.1) is 11.7 Å². The van der Waals surface area contributed by atoms with Crippen molar-refractivity contribution in [3.63, 3.8) is 0 Å². The average molecular weight is 150 g/mol. The molecule has 0 aliphatic carbocycles. The van der Waals surface area contributed by atoms with Crippen LogP contribution in [-0.4, -0.2) is 24.7 Å². The second kappa shape index (κ2) is 5.87. The van der Waals surface area contributed by atoms with Crippen molar-refractivity contribution in [2.24, 2.45) is 5.84 Å². The number of thioether (sulfide) groups is 1. The molecule has 0 atom stereocenters. The summed E-state index contributed by atoms with van der Waals surface area (Å²) in [6.07, 6.45) is 0. The van der Waals surface area contributed by atoms with Crippen LogP contribution in [0.5, 0.6) is 0 Å². The van der Waals surface area contributed by atoms with Crippen molar-refractivity contribution < 1.29 is 9.53 Å². The van der Waals surface area contributed by atoms with Gasteiger partial charge >= 0.3 is 0 Å². The van der Waals surface area contributed by atoms with E-state index in [9.17, 15) is 4.79 Å². The van der Waals surface area contributed by atoms with Gasteiger partial charge in [-0.3, -0.25) is 10.2 Å². The lowest BCUT2D eigenvalue weighted by Crippen LogP contribution is -2.31. The molecular weight excluding hydrogens is 140 g/mol. The van der Waals surface area contributed by atoms with Crippen LogP contribution in [0.3, 0.4) is 0 Å². The van der Waals surface area contributed by atoms with Crippen LogP contribution in [0.15, 0.2) is 0 Å². The minimum Gasteiger partial charge on any atom is -0.374 e. The molecule has 5 heteroatoms. The van der Waals surface area contributed by atoms with Crippen LogP contribution in [0.1, 0.15) is 0 Å². The zero-order valence-corrected chi connectivity index (χ0v) is 6.03. The molecule has 3 N–H and O–H groups in total. The lowest BCUT2D eigenvalue weighted by Gasteiger charge is -1.96. The fourth-order valence-corrected chi connectivity index (χ4v) is 0.778. The van der Waals surface area contributed by atoms with Gasteiger partial charge in [0.2, 0.25) is 5.91 Å². The fourth-order valence-electron chi connectivity index (χ4n) is 0.259. The minimum atomic E-state index is -0.183. The van der Waals surface area contributed by atoms with E-state index >= 15 is 0 Å². The summed E-state index contributed by atoms with van der Waals surface area (Å²) < 4.78 is 4.68. The van der Waals surface area contributed by atoms with Crippen molar-refractivity contribution in [1.29, 1.82) is 0 Å². The molecule has 0 heterocycles. The number of carbonyl (C=O) groups excluding carboxylic acids is 1. The van der Waals surface area contributed by atoms with Crippen LogP contribution in [0.4, 0.5) is 0 Å². The van der Waals surface area contributed by atoms with Crippen LogP contribution < -0.4 is 11.3 Å². The summed E-state index contributed by atoms with van der Waals surface area (Å²) in [6.45, 7) is 0. The van der Waals surface area contributed by atoms with Gasteiger partial charge in [0.25, 0.3) is 0 Å². The number of amides is 1. The Morgan fingerprint density at radius 3 is 3.00 bits per heavy atom. The molecule has 1 amide bonds. The van der Waals surface area contributed by atoms with E-state index in [2.05, 4.69) is 4.74 Å². The van der Waals surface area contributed by atoms with E-state index in [1.54, 1.807) is 7.11 Å². The SMILES string of the molecule is COCSCC(=O)NN. The number of hydrogen-bond acceptors (Lipinski definition) is 4. The van der Waals surface area contributed by atoms with Crippen LogP contribution in [0.2, 0.25) is 0 Å². The standard InChI is InChI=1S/C4H10N2O2S/c1-8-3-9-2-4(7)6-5/h2-3,5H2,1H3,(H,6,7). The highest BCUT2D eigenvalue weighted by Gasteiger charge is 1.95. The molecule has 0 fully saturated rings. The van der Waals surface area contributed by atoms with Gasteiger partial charge < -0.3 is 4.74 Å². The first-order chi connectivity index (χ1) is 4.31. The van der Waals surface area contributed by atoms with Gasteiger partial charge in [-0.25, -0.2) is 5.84 Å². The van der Waals surface area contributed by atoms with Gasteiger partial charge in [0.15, 0.2) is 0 Å². The first-order valence-corrected chi connectivity index (χ1v) is 3.53. The Balaban J connectivity index is 2.97. The predicted molar refractivity (Wildman–Crippen MR) is 36.7 cm³/mol. The first kappa shape index (κ1) is 8.74. The summed E-state index contributed by atoms with van der Waals surface area (Å²) in [5.74, 6) is 5.49. The van der Waals surface area contributed by atoms with E-state index in [4.69, 9.17) is 5.84 Å². The summed E-state index contributed by atoms with van der Waals surface area (Å²) in [6, 6.07) is 0. The molecule has 0 spiro atoms. The molecule has 9 heavy (non-hydrogen) atoms. The second-order valence-electron chi connectivity index (χ2n) is 1.32. The predicted octanol–water partition coefficient (Wildman–Crippen LogP) is -0.687. The number of hydrogen-bond donors (Lipinski definition) is 2.